The van der Waals surface area contributed by atoms with Crippen LogP contribution in [0.2, 0.25) is 10.0 Å². The third-order valence-electron chi connectivity index (χ3n) is 3.61. The molecular weight excluding hydrogens is 458 g/mol. The largest absolute Gasteiger partial charge is 0.501 e. The molecule has 1 amide bonds. The number of nitrogens with one attached hydrogen (secondary N) is 1. The van der Waals surface area contributed by atoms with E-state index in [1.807, 2.05) is 0 Å². The Hall–Kier alpha value is -2.17. The highest BCUT2D eigenvalue weighted by Crippen LogP contribution is 2.35. The van der Waals surface area contributed by atoms with E-state index in [9.17, 15) is 26.4 Å². The summed E-state index contributed by atoms with van der Waals surface area (Å²) < 4.78 is 71.9. The summed E-state index contributed by atoms with van der Waals surface area (Å²) in [4.78, 5) is 11.3. The quantitative estimate of drug-likeness (QED) is 0.659. The Labute approximate surface area is 174 Å². The van der Waals surface area contributed by atoms with Gasteiger partial charge in [0.1, 0.15) is 11.5 Å². The number of hydrogen-bond acceptors (Lipinski definition) is 5. The molecule has 0 aliphatic heterocycles. The van der Waals surface area contributed by atoms with Crippen LogP contribution in [0.25, 0.3) is 0 Å². The zero-order valence-corrected chi connectivity index (χ0v) is 17.2. The highest BCUT2D eigenvalue weighted by Gasteiger charge is 2.47. The lowest BCUT2D eigenvalue weighted by atomic mass is 10.2. The number of hydrogen-bond donors (Lipinski definition) is 1. The first-order valence-corrected chi connectivity index (χ1v) is 10.0. The molecule has 1 atom stereocenters. The van der Waals surface area contributed by atoms with Crippen molar-refractivity contribution < 1.29 is 35.9 Å². The van der Waals surface area contributed by atoms with Gasteiger partial charge in [-0.1, -0.05) is 23.2 Å². The van der Waals surface area contributed by atoms with Gasteiger partial charge in [-0.2, -0.15) is 13.2 Å². The van der Waals surface area contributed by atoms with Crippen molar-refractivity contribution in [3.63, 3.8) is 0 Å². The molecule has 1 N–H and O–H groups in total. The van der Waals surface area contributed by atoms with Crippen LogP contribution in [-0.2, 0) is 14.6 Å². The van der Waals surface area contributed by atoms with E-state index >= 15 is 0 Å². The Kier molecular flexibility index (Phi) is 6.92. The van der Waals surface area contributed by atoms with Gasteiger partial charge < -0.3 is 14.8 Å². The van der Waals surface area contributed by atoms with Crippen LogP contribution in [0.4, 0.5) is 18.9 Å². The van der Waals surface area contributed by atoms with Gasteiger partial charge in [-0.15, -0.1) is 0 Å². The molecule has 29 heavy (non-hydrogen) atoms. The maximum atomic E-state index is 12.8. The number of halogens is 5. The van der Waals surface area contributed by atoms with Crippen molar-refractivity contribution in [3.05, 3.63) is 46.4 Å². The average Bonchev–Trinajstić information content (AvgIpc) is 2.62. The zero-order chi connectivity index (χ0) is 22.0. The number of carbonyl (C=O) groups is 1. The van der Waals surface area contributed by atoms with Gasteiger partial charge >= 0.3 is 5.51 Å². The van der Waals surface area contributed by atoms with Crippen molar-refractivity contribution in [1.29, 1.82) is 0 Å². The first-order chi connectivity index (χ1) is 13.4. The number of methoxy groups -OCH3 is 1. The Morgan fingerprint density at radius 2 is 1.72 bits per heavy atom. The summed E-state index contributed by atoms with van der Waals surface area (Å²) in [6.45, 7) is 1.36. The van der Waals surface area contributed by atoms with Crippen LogP contribution in [0.3, 0.4) is 0 Å². The topological polar surface area (TPSA) is 81.7 Å². The number of rotatable bonds is 6. The minimum absolute atomic E-state index is 0.0452. The molecule has 12 heteroatoms. The molecule has 0 saturated carbocycles. The van der Waals surface area contributed by atoms with Crippen LogP contribution in [0.5, 0.6) is 11.5 Å². The monoisotopic (exact) mass is 471 g/mol. The van der Waals surface area contributed by atoms with Crippen LogP contribution in [0.1, 0.15) is 6.92 Å². The summed E-state index contributed by atoms with van der Waals surface area (Å²) in [6, 6.07) is 6.70. The molecule has 2 rings (SSSR count). The molecule has 0 spiro atoms. The maximum Gasteiger partial charge on any atom is 0.501 e. The molecule has 2 aromatic carbocycles. The number of benzene rings is 2. The molecule has 0 radical (unpaired) electrons. The fourth-order valence-corrected chi connectivity index (χ4v) is 3.38. The zero-order valence-electron chi connectivity index (χ0n) is 14.9. The number of carbonyl (C=O) groups excluding carboxylic acids is 1. The van der Waals surface area contributed by atoms with Crippen LogP contribution < -0.4 is 14.8 Å². The number of ether oxygens (including phenoxy) is 2. The molecule has 0 fully saturated rings. The summed E-state index contributed by atoms with van der Waals surface area (Å²) in [5, 5.41) is 2.79. The van der Waals surface area contributed by atoms with E-state index in [-0.39, 0.29) is 22.2 Å². The first-order valence-electron chi connectivity index (χ1n) is 7.78. The number of alkyl halides is 3. The van der Waals surface area contributed by atoms with Gasteiger partial charge in [0.05, 0.1) is 22.7 Å². The maximum absolute atomic E-state index is 12.8. The van der Waals surface area contributed by atoms with E-state index < -0.39 is 32.3 Å². The van der Waals surface area contributed by atoms with Gasteiger partial charge in [0, 0.05) is 5.02 Å². The lowest BCUT2D eigenvalue weighted by Crippen LogP contribution is -2.30. The van der Waals surface area contributed by atoms with Crippen molar-refractivity contribution in [2.75, 3.05) is 12.4 Å². The third-order valence-corrected chi connectivity index (χ3v) is 5.63. The van der Waals surface area contributed by atoms with E-state index in [2.05, 4.69) is 5.32 Å². The Balaban J connectivity index is 2.27. The molecule has 0 saturated heterocycles. The third kappa shape index (κ3) is 5.26. The molecule has 6 nitrogen and oxygen atoms in total. The molecule has 0 bridgehead atoms. The van der Waals surface area contributed by atoms with Crippen molar-refractivity contribution in [2.24, 2.45) is 0 Å². The van der Waals surface area contributed by atoms with Gasteiger partial charge in [0.2, 0.25) is 0 Å². The predicted molar refractivity (Wildman–Crippen MR) is 101 cm³/mol. The fourth-order valence-electron chi connectivity index (χ4n) is 2.13. The highest BCUT2D eigenvalue weighted by atomic mass is 35.5. The molecule has 0 aromatic heterocycles. The molecule has 0 aliphatic rings. The first kappa shape index (κ1) is 23.1. The van der Waals surface area contributed by atoms with E-state index in [0.717, 1.165) is 12.1 Å². The van der Waals surface area contributed by atoms with Crippen molar-refractivity contribution >= 4 is 44.6 Å². The van der Waals surface area contributed by atoms with Gasteiger partial charge in [-0.25, -0.2) is 8.42 Å². The highest BCUT2D eigenvalue weighted by molar-refractivity contribution is 7.92. The van der Waals surface area contributed by atoms with Gasteiger partial charge in [-0.3, -0.25) is 4.79 Å². The second-order valence-corrected chi connectivity index (χ2v) is 8.42. The molecule has 158 valence electrons. The molecule has 0 heterocycles. The molecule has 2 aromatic rings. The second-order valence-electron chi connectivity index (χ2n) is 5.64. The van der Waals surface area contributed by atoms with Crippen LogP contribution in [0.15, 0.2) is 41.3 Å². The summed E-state index contributed by atoms with van der Waals surface area (Å²) in [5.74, 6) is -0.675. The minimum Gasteiger partial charge on any atom is -0.495 e. The average molecular weight is 472 g/mol. The Bertz CT molecular complexity index is 1030. The van der Waals surface area contributed by atoms with E-state index in [1.54, 1.807) is 0 Å². The van der Waals surface area contributed by atoms with Crippen molar-refractivity contribution in [3.8, 4) is 11.5 Å². The van der Waals surface area contributed by atoms with Crippen LogP contribution >= 0.6 is 23.2 Å². The molecule has 1 unspecified atom stereocenters. The lowest BCUT2D eigenvalue weighted by molar-refractivity contribution is -0.122. The van der Waals surface area contributed by atoms with E-state index in [4.69, 9.17) is 32.7 Å². The predicted octanol–water partition coefficient (Wildman–Crippen LogP) is 4.70. The van der Waals surface area contributed by atoms with E-state index in [0.29, 0.717) is 11.1 Å². The summed E-state index contributed by atoms with van der Waals surface area (Å²) in [7, 11) is -4.40. The van der Waals surface area contributed by atoms with Crippen LogP contribution in [-0.4, -0.2) is 33.0 Å². The SMILES string of the molecule is COc1ccc(S(=O)(=O)C(F)(F)F)cc1NC(=O)C(C)Oc1ccc(Cl)cc1Cl. The molecule has 0 aliphatic carbocycles. The Morgan fingerprint density at radius 3 is 2.28 bits per heavy atom. The van der Waals surface area contributed by atoms with Gasteiger partial charge in [0.15, 0.2) is 6.10 Å². The lowest BCUT2D eigenvalue weighted by Gasteiger charge is -2.18. The summed E-state index contributed by atoms with van der Waals surface area (Å²) in [6.07, 6.45) is -1.14. The smallest absolute Gasteiger partial charge is 0.495 e. The Morgan fingerprint density at radius 1 is 1.10 bits per heavy atom. The number of sulfone groups is 1. The normalized spacial score (nSPS) is 12.9. The number of amides is 1. The second kappa shape index (κ2) is 8.68. The fraction of sp³-hybridized carbons (Fsp3) is 0.235. The van der Waals surface area contributed by atoms with Crippen molar-refractivity contribution in [2.45, 2.75) is 23.4 Å². The minimum atomic E-state index is -5.61. The molecular formula is C17H14Cl2F3NO5S. The summed E-state index contributed by atoms with van der Waals surface area (Å²) >= 11 is 11.7. The number of anilines is 1. The van der Waals surface area contributed by atoms with Gasteiger partial charge in [-0.05, 0) is 43.3 Å². The van der Waals surface area contributed by atoms with Gasteiger partial charge in [0.25, 0.3) is 15.7 Å². The van der Waals surface area contributed by atoms with E-state index in [1.165, 1.54) is 32.2 Å². The van der Waals surface area contributed by atoms with Crippen molar-refractivity contribution in [1.82, 2.24) is 0 Å². The summed E-state index contributed by atoms with van der Waals surface area (Å²) in [5.41, 5.74) is -5.77. The van der Waals surface area contributed by atoms with Crippen LogP contribution in [0, 0.1) is 0 Å². The standard InChI is InChI=1S/C17H14Cl2F3NO5S/c1-9(28-14-5-3-10(18)7-12(14)19)16(24)23-13-8-11(4-6-15(13)27-2)29(25,26)17(20,21)22/h3-9H,1-2H3,(H,23,24).